The molecule has 0 aliphatic rings. The summed E-state index contributed by atoms with van der Waals surface area (Å²) in [5, 5.41) is 13.6. The number of Topliss-reactive ketones (excluding diaryl/α,β-unsaturated/α-hetero) is 1. The maximum Gasteiger partial charge on any atom is 0.246 e. The third-order valence-corrected chi connectivity index (χ3v) is 2.97. The van der Waals surface area contributed by atoms with Crippen LogP contribution in [0.1, 0.15) is 19.8 Å². The molecule has 158 valence electrons. The second kappa shape index (κ2) is 19.2. The van der Waals surface area contributed by atoms with Crippen LogP contribution in [-0.2, 0) is 33.3 Å². The molecule has 0 unspecified atom stereocenters. The van der Waals surface area contributed by atoms with Crippen LogP contribution in [0.3, 0.4) is 0 Å². The second-order valence-corrected chi connectivity index (χ2v) is 5.60. The fourth-order valence-corrected chi connectivity index (χ4v) is 1.74. The Morgan fingerprint density at radius 1 is 0.704 bits per heavy atom. The van der Waals surface area contributed by atoms with Gasteiger partial charge in [-0.05, 0) is 19.8 Å². The summed E-state index contributed by atoms with van der Waals surface area (Å²) in [5.41, 5.74) is 0. The molecule has 0 spiro atoms. The molecule has 0 rings (SSSR count). The van der Waals surface area contributed by atoms with E-state index in [1.54, 1.807) is 0 Å². The van der Waals surface area contributed by atoms with Crippen LogP contribution in [0.2, 0.25) is 0 Å². The van der Waals surface area contributed by atoms with E-state index in [-0.39, 0.29) is 24.9 Å². The first-order chi connectivity index (χ1) is 13.1. The van der Waals surface area contributed by atoms with E-state index in [0.29, 0.717) is 65.6 Å². The zero-order valence-corrected chi connectivity index (χ0v) is 16.0. The van der Waals surface area contributed by atoms with Crippen LogP contribution in [-0.4, -0.2) is 95.3 Å². The van der Waals surface area contributed by atoms with Gasteiger partial charge in [0.15, 0.2) is 5.78 Å². The van der Waals surface area contributed by atoms with E-state index in [9.17, 15) is 14.4 Å². The molecule has 27 heavy (non-hydrogen) atoms. The monoisotopic (exact) mass is 392 g/mol. The number of hydrogen-bond acceptors (Lipinski definition) is 8. The molecule has 2 amide bonds. The number of carbonyl (C=O) groups excluding carboxylic acids is 3. The molecule has 0 aromatic heterocycles. The van der Waals surface area contributed by atoms with Crippen LogP contribution in [0.4, 0.5) is 0 Å². The minimum Gasteiger partial charge on any atom is -0.387 e. The fraction of sp³-hybridized carbons (Fsp3) is 0.824. The van der Waals surface area contributed by atoms with Crippen LogP contribution < -0.4 is 10.6 Å². The standard InChI is InChI=1S/C17H32N2O8/c1-15(21)13-26-8-2-6-25-11-5-19-17(23)14-27-9-3-7-24-10-4-18-16(22)12-20/h20H,2-14H2,1H3,(H,18,22)(H,19,23). The average Bonchev–Trinajstić information content (AvgIpc) is 2.64. The van der Waals surface area contributed by atoms with Crippen LogP contribution in [0.5, 0.6) is 0 Å². The summed E-state index contributed by atoms with van der Waals surface area (Å²) in [5.74, 6) is -0.648. The Labute approximate surface area is 159 Å². The molecular weight excluding hydrogens is 360 g/mol. The van der Waals surface area contributed by atoms with Gasteiger partial charge in [0.05, 0.1) is 13.2 Å². The van der Waals surface area contributed by atoms with Crippen molar-refractivity contribution in [3.63, 3.8) is 0 Å². The SMILES string of the molecule is CC(=O)COCCCOCCNC(=O)COCCCOCCNC(=O)CO. The maximum absolute atomic E-state index is 11.5. The molecule has 0 bridgehead atoms. The number of aliphatic hydroxyl groups is 1. The third-order valence-electron chi connectivity index (χ3n) is 2.97. The van der Waals surface area contributed by atoms with E-state index in [1.807, 2.05) is 0 Å². The van der Waals surface area contributed by atoms with Gasteiger partial charge in [-0.15, -0.1) is 0 Å². The highest BCUT2D eigenvalue weighted by Crippen LogP contribution is 1.87. The van der Waals surface area contributed by atoms with Crippen molar-refractivity contribution in [2.75, 3.05) is 72.6 Å². The predicted molar refractivity (Wildman–Crippen MR) is 96.3 cm³/mol. The lowest BCUT2D eigenvalue weighted by Gasteiger charge is -2.08. The molecule has 0 saturated carbocycles. The van der Waals surface area contributed by atoms with E-state index in [2.05, 4.69) is 10.6 Å². The quantitative estimate of drug-likeness (QED) is 0.230. The molecule has 10 nitrogen and oxygen atoms in total. The summed E-state index contributed by atoms with van der Waals surface area (Å²) in [6.07, 6.45) is 1.33. The smallest absolute Gasteiger partial charge is 0.246 e. The minimum absolute atomic E-state index is 0.00221. The highest BCUT2D eigenvalue weighted by Gasteiger charge is 2.01. The van der Waals surface area contributed by atoms with Gasteiger partial charge in [0.25, 0.3) is 0 Å². The van der Waals surface area contributed by atoms with Crippen molar-refractivity contribution in [2.24, 2.45) is 0 Å². The highest BCUT2D eigenvalue weighted by molar-refractivity contribution is 5.77. The molecule has 0 saturated heterocycles. The van der Waals surface area contributed by atoms with Gasteiger partial charge < -0.3 is 34.7 Å². The Balaban J connectivity index is 3.22. The van der Waals surface area contributed by atoms with Gasteiger partial charge in [0, 0.05) is 39.5 Å². The highest BCUT2D eigenvalue weighted by atomic mass is 16.5. The lowest BCUT2D eigenvalue weighted by atomic mass is 10.4. The molecule has 10 heteroatoms. The molecule has 3 N–H and O–H groups in total. The Bertz CT molecular complexity index is 406. The van der Waals surface area contributed by atoms with Gasteiger partial charge in [-0.1, -0.05) is 0 Å². The van der Waals surface area contributed by atoms with Crippen LogP contribution in [0.25, 0.3) is 0 Å². The number of hydrogen-bond donors (Lipinski definition) is 3. The van der Waals surface area contributed by atoms with Gasteiger partial charge in [-0.2, -0.15) is 0 Å². The number of rotatable bonds is 19. The Kier molecular flexibility index (Phi) is 18.0. The summed E-state index contributed by atoms with van der Waals surface area (Å²) >= 11 is 0. The molecule has 0 aliphatic heterocycles. The van der Waals surface area contributed by atoms with Crippen molar-refractivity contribution < 1.29 is 38.4 Å². The van der Waals surface area contributed by atoms with Crippen LogP contribution in [0, 0.1) is 0 Å². The number of carbonyl (C=O) groups is 3. The minimum atomic E-state index is -0.529. The molecule has 0 heterocycles. The summed E-state index contributed by atoms with van der Waals surface area (Å²) in [4.78, 5) is 32.9. The zero-order valence-electron chi connectivity index (χ0n) is 16.0. The number of nitrogens with one attached hydrogen (secondary N) is 2. The van der Waals surface area contributed by atoms with Crippen molar-refractivity contribution in [3.8, 4) is 0 Å². The molecule has 0 fully saturated rings. The number of ether oxygens (including phenoxy) is 4. The van der Waals surface area contributed by atoms with Crippen molar-refractivity contribution in [2.45, 2.75) is 19.8 Å². The first kappa shape index (κ1) is 25.4. The lowest BCUT2D eigenvalue weighted by molar-refractivity contribution is -0.126. The van der Waals surface area contributed by atoms with Gasteiger partial charge in [-0.25, -0.2) is 0 Å². The van der Waals surface area contributed by atoms with Gasteiger partial charge in [0.2, 0.25) is 11.8 Å². The topological polar surface area (TPSA) is 132 Å². The fourth-order valence-electron chi connectivity index (χ4n) is 1.74. The van der Waals surface area contributed by atoms with Crippen LogP contribution in [0.15, 0.2) is 0 Å². The first-order valence-electron chi connectivity index (χ1n) is 9.01. The predicted octanol–water partition coefficient (Wildman–Crippen LogP) is -1.35. The summed E-state index contributed by atoms with van der Waals surface area (Å²) in [6, 6.07) is 0. The van der Waals surface area contributed by atoms with Crippen molar-refractivity contribution in [3.05, 3.63) is 0 Å². The van der Waals surface area contributed by atoms with E-state index in [0.717, 1.165) is 0 Å². The Morgan fingerprint density at radius 3 is 1.70 bits per heavy atom. The van der Waals surface area contributed by atoms with E-state index < -0.39 is 12.5 Å². The van der Waals surface area contributed by atoms with E-state index in [1.165, 1.54) is 6.92 Å². The molecule has 0 aromatic rings. The lowest BCUT2D eigenvalue weighted by Crippen LogP contribution is -2.31. The molecule has 0 aliphatic carbocycles. The zero-order chi connectivity index (χ0) is 20.2. The molecular formula is C17H32N2O8. The average molecular weight is 392 g/mol. The van der Waals surface area contributed by atoms with Crippen LogP contribution >= 0.6 is 0 Å². The summed E-state index contributed by atoms with van der Waals surface area (Å²) < 4.78 is 20.9. The van der Waals surface area contributed by atoms with Crippen molar-refractivity contribution in [1.29, 1.82) is 0 Å². The Hall–Kier alpha value is -1.59. The summed E-state index contributed by atoms with van der Waals surface area (Å²) in [7, 11) is 0. The normalized spacial score (nSPS) is 10.6. The number of aliphatic hydroxyl groups excluding tert-OH is 1. The number of amides is 2. The van der Waals surface area contributed by atoms with Crippen molar-refractivity contribution >= 4 is 17.6 Å². The number of ketones is 1. The molecule has 0 atom stereocenters. The largest absolute Gasteiger partial charge is 0.387 e. The summed E-state index contributed by atoms with van der Waals surface area (Å²) in [6.45, 7) is 4.39. The Morgan fingerprint density at radius 2 is 1.19 bits per heavy atom. The first-order valence-corrected chi connectivity index (χ1v) is 9.01. The van der Waals surface area contributed by atoms with E-state index in [4.69, 9.17) is 24.1 Å². The van der Waals surface area contributed by atoms with E-state index >= 15 is 0 Å². The third kappa shape index (κ3) is 20.6. The second-order valence-electron chi connectivity index (χ2n) is 5.60. The van der Waals surface area contributed by atoms with Crippen molar-refractivity contribution in [1.82, 2.24) is 10.6 Å². The molecule has 0 radical (unpaired) electrons. The van der Waals surface area contributed by atoms with Gasteiger partial charge in [0.1, 0.15) is 19.8 Å². The maximum atomic E-state index is 11.5. The van der Waals surface area contributed by atoms with Gasteiger partial charge in [-0.3, -0.25) is 14.4 Å². The van der Waals surface area contributed by atoms with Gasteiger partial charge >= 0.3 is 0 Å². The molecule has 0 aromatic carbocycles.